The highest BCUT2D eigenvalue weighted by atomic mass is 16.5. The van der Waals surface area contributed by atoms with Crippen molar-refractivity contribution in [1.29, 1.82) is 0 Å². The van der Waals surface area contributed by atoms with Gasteiger partial charge in [0.2, 0.25) is 0 Å². The van der Waals surface area contributed by atoms with Gasteiger partial charge in [0.05, 0.1) is 17.5 Å². The lowest BCUT2D eigenvalue weighted by Gasteiger charge is -2.27. The molecule has 176 valence electrons. The summed E-state index contributed by atoms with van der Waals surface area (Å²) in [7, 11) is 0. The van der Waals surface area contributed by atoms with E-state index in [4.69, 9.17) is 9.47 Å². The smallest absolute Gasteiger partial charge is 0.312 e. The molecule has 5 nitrogen and oxygen atoms in total. The number of fused-ring (bicyclic) bond motifs is 3. The van der Waals surface area contributed by atoms with Crippen molar-refractivity contribution in [2.75, 3.05) is 0 Å². The van der Waals surface area contributed by atoms with Gasteiger partial charge in [-0.3, -0.25) is 14.2 Å². The third-order valence-corrected chi connectivity index (χ3v) is 6.55. The minimum atomic E-state index is -0.420. The second-order valence-electron chi connectivity index (χ2n) is 8.81. The van der Waals surface area contributed by atoms with E-state index in [1.54, 1.807) is 4.57 Å². The third kappa shape index (κ3) is 3.95. The number of para-hydroxylation sites is 2. The largest absolute Gasteiger partial charge is 0.489 e. The highest BCUT2D eigenvalue weighted by Gasteiger charge is 2.34. The van der Waals surface area contributed by atoms with Crippen LogP contribution in [0.3, 0.4) is 0 Å². The number of ether oxygens (including phenoxy) is 2. The van der Waals surface area contributed by atoms with E-state index in [0.717, 1.165) is 28.0 Å². The summed E-state index contributed by atoms with van der Waals surface area (Å²) in [6.45, 7) is 0.465. The zero-order valence-electron chi connectivity index (χ0n) is 19.5. The summed E-state index contributed by atoms with van der Waals surface area (Å²) < 4.78 is 13.3. The van der Waals surface area contributed by atoms with Crippen molar-refractivity contribution in [3.63, 3.8) is 0 Å². The fourth-order valence-corrected chi connectivity index (χ4v) is 4.83. The molecule has 0 saturated heterocycles. The van der Waals surface area contributed by atoms with Crippen LogP contribution in [0.2, 0.25) is 0 Å². The first-order valence-corrected chi connectivity index (χ1v) is 11.9. The Labute approximate surface area is 208 Å². The van der Waals surface area contributed by atoms with Gasteiger partial charge in [0.25, 0.3) is 5.56 Å². The second kappa shape index (κ2) is 9.19. The molecule has 2 heterocycles. The second-order valence-corrected chi connectivity index (χ2v) is 8.81. The molecule has 36 heavy (non-hydrogen) atoms. The van der Waals surface area contributed by atoms with Crippen LogP contribution in [0.1, 0.15) is 29.0 Å². The predicted molar refractivity (Wildman–Crippen MR) is 139 cm³/mol. The van der Waals surface area contributed by atoms with Crippen LogP contribution >= 0.6 is 0 Å². The van der Waals surface area contributed by atoms with E-state index in [-0.39, 0.29) is 17.9 Å². The number of esters is 1. The van der Waals surface area contributed by atoms with Crippen molar-refractivity contribution >= 4 is 16.9 Å². The summed E-state index contributed by atoms with van der Waals surface area (Å²) in [6, 6.07) is 34.7. The van der Waals surface area contributed by atoms with Gasteiger partial charge >= 0.3 is 5.97 Å². The summed E-state index contributed by atoms with van der Waals surface area (Å²) in [4.78, 5) is 26.7. The number of hydrogen-bond donors (Lipinski definition) is 0. The van der Waals surface area contributed by atoms with Gasteiger partial charge in [-0.1, -0.05) is 72.8 Å². The van der Waals surface area contributed by atoms with Crippen molar-refractivity contribution in [3.05, 3.63) is 136 Å². The SMILES string of the molecule is O=C1CC(c2ccc(OCc3ccccc3)cc2)c2c(c3ccccc3n(-c3ccccc3)c2=O)O1. The van der Waals surface area contributed by atoms with Crippen LogP contribution in [0.25, 0.3) is 16.6 Å². The van der Waals surface area contributed by atoms with Crippen LogP contribution < -0.4 is 15.0 Å². The molecule has 0 aliphatic carbocycles. The quantitative estimate of drug-likeness (QED) is 0.293. The maximum atomic E-state index is 14.0. The summed E-state index contributed by atoms with van der Waals surface area (Å²) in [5, 5.41) is 0.733. The summed E-state index contributed by atoms with van der Waals surface area (Å²) in [5.41, 5.74) is 3.73. The highest BCUT2D eigenvalue weighted by Crippen LogP contribution is 2.41. The van der Waals surface area contributed by atoms with Crippen LogP contribution in [0, 0.1) is 0 Å². The van der Waals surface area contributed by atoms with E-state index in [1.165, 1.54) is 0 Å². The van der Waals surface area contributed by atoms with Gasteiger partial charge in [-0.05, 0) is 47.5 Å². The Hall–Kier alpha value is -4.64. The number of aromatic nitrogens is 1. The Bertz CT molecular complexity index is 1610. The van der Waals surface area contributed by atoms with E-state index >= 15 is 0 Å². The maximum Gasteiger partial charge on any atom is 0.312 e. The number of pyridine rings is 1. The minimum Gasteiger partial charge on any atom is -0.489 e. The van der Waals surface area contributed by atoms with Gasteiger partial charge in [-0.15, -0.1) is 0 Å². The maximum absolute atomic E-state index is 14.0. The lowest BCUT2D eigenvalue weighted by atomic mass is 9.86. The molecule has 0 amide bonds. The predicted octanol–water partition coefficient (Wildman–Crippen LogP) is 6.01. The van der Waals surface area contributed by atoms with Gasteiger partial charge in [0.15, 0.2) is 0 Å². The van der Waals surface area contributed by atoms with Crippen LogP contribution in [0.15, 0.2) is 114 Å². The van der Waals surface area contributed by atoms with E-state index in [0.29, 0.717) is 23.4 Å². The molecule has 0 bridgehead atoms. The van der Waals surface area contributed by atoms with Gasteiger partial charge in [0.1, 0.15) is 18.1 Å². The van der Waals surface area contributed by atoms with Gasteiger partial charge in [-0.25, -0.2) is 0 Å². The normalized spacial score (nSPS) is 14.8. The average molecular weight is 474 g/mol. The molecular formula is C31H23NO4. The molecular weight excluding hydrogens is 450 g/mol. The lowest BCUT2D eigenvalue weighted by molar-refractivity contribution is -0.135. The molecule has 0 N–H and O–H groups in total. The molecule has 0 fully saturated rings. The van der Waals surface area contributed by atoms with Crippen molar-refractivity contribution < 1.29 is 14.3 Å². The molecule has 1 aliphatic rings. The molecule has 5 heteroatoms. The summed E-state index contributed by atoms with van der Waals surface area (Å²) in [5.74, 6) is 0.310. The molecule has 5 aromatic rings. The van der Waals surface area contributed by atoms with Crippen LogP contribution in [0.5, 0.6) is 11.5 Å². The highest BCUT2D eigenvalue weighted by molar-refractivity contribution is 5.92. The Balaban J connectivity index is 1.43. The number of nitrogens with zero attached hydrogens (tertiary/aromatic N) is 1. The van der Waals surface area contributed by atoms with Gasteiger partial charge < -0.3 is 9.47 Å². The number of rotatable bonds is 5. The van der Waals surface area contributed by atoms with Crippen molar-refractivity contribution in [2.45, 2.75) is 18.9 Å². The van der Waals surface area contributed by atoms with Gasteiger partial charge in [0, 0.05) is 17.0 Å². The molecule has 0 spiro atoms. The summed E-state index contributed by atoms with van der Waals surface area (Å²) in [6.07, 6.45) is 0.0968. The molecule has 1 unspecified atom stereocenters. The molecule has 1 aromatic heterocycles. The van der Waals surface area contributed by atoms with Gasteiger partial charge in [-0.2, -0.15) is 0 Å². The molecule has 0 saturated carbocycles. The summed E-state index contributed by atoms with van der Waals surface area (Å²) >= 11 is 0. The third-order valence-electron chi connectivity index (χ3n) is 6.55. The molecule has 4 aromatic carbocycles. The Kier molecular flexibility index (Phi) is 5.58. The van der Waals surface area contributed by atoms with E-state index in [9.17, 15) is 9.59 Å². The minimum absolute atomic E-state index is 0.0968. The van der Waals surface area contributed by atoms with Crippen LogP contribution in [-0.2, 0) is 11.4 Å². The zero-order valence-corrected chi connectivity index (χ0v) is 19.5. The molecule has 6 rings (SSSR count). The molecule has 1 aliphatic heterocycles. The Morgan fingerprint density at radius 3 is 2.19 bits per heavy atom. The lowest BCUT2D eigenvalue weighted by Crippen LogP contribution is -2.32. The van der Waals surface area contributed by atoms with Crippen LogP contribution in [0.4, 0.5) is 0 Å². The standard InChI is InChI=1S/C31H23NO4/c33-28-19-26(22-15-17-24(18-16-22)35-20-21-9-3-1-4-10-21)29-30(36-28)25-13-7-8-14-27(25)32(31(29)34)23-11-5-2-6-12-23/h1-18,26H,19-20H2. The zero-order chi connectivity index (χ0) is 24.5. The molecule has 1 atom stereocenters. The van der Waals surface area contributed by atoms with E-state index < -0.39 is 5.92 Å². The number of hydrogen-bond acceptors (Lipinski definition) is 4. The first kappa shape index (κ1) is 21.9. The molecule has 0 radical (unpaired) electrons. The van der Waals surface area contributed by atoms with Crippen molar-refractivity contribution in [1.82, 2.24) is 4.57 Å². The monoisotopic (exact) mass is 473 g/mol. The fourth-order valence-electron chi connectivity index (χ4n) is 4.83. The number of carbonyl (C=O) groups is 1. The number of carbonyl (C=O) groups excluding carboxylic acids is 1. The fraction of sp³-hybridized carbons (Fsp3) is 0.0968. The topological polar surface area (TPSA) is 57.5 Å². The van der Waals surface area contributed by atoms with Crippen molar-refractivity contribution in [3.8, 4) is 17.2 Å². The first-order valence-electron chi connectivity index (χ1n) is 11.9. The Morgan fingerprint density at radius 1 is 0.778 bits per heavy atom. The van der Waals surface area contributed by atoms with Crippen LogP contribution in [-0.4, -0.2) is 10.5 Å². The number of benzene rings is 4. The average Bonchev–Trinajstić information content (AvgIpc) is 2.93. The first-order chi connectivity index (χ1) is 17.7. The van der Waals surface area contributed by atoms with E-state index in [2.05, 4.69) is 0 Å². The Morgan fingerprint density at radius 2 is 1.44 bits per heavy atom. The van der Waals surface area contributed by atoms with E-state index in [1.807, 2.05) is 109 Å². The van der Waals surface area contributed by atoms with Crippen molar-refractivity contribution in [2.24, 2.45) is 0 Å².